The van der Waals surface area contributed by atoms with Crippen LogP contribution in [0.1, 0.15) is 44.9 Å². The minimum Gasteiger partial charge on any atom is -0.367 e. The van der Waals surface area contributed by atoms with Crippen molar-refractivity contribution >= 4 is 28.9 Å². The lowest BCUT2D eigenvalue weighted by Gasteiger charge is -2.44. The predicted molar refractivity (Wildman–Crippen MR) is 107 cm³/mol. The average molecular weight is 382 g/mol. The fraction of sp³-hybridized carbons (Fsp3) is 0.700. The molecule has 1 aromatic rings. The van der Waals surface area contributed by atoms with Crippen LogP contribution in [0.15, 0.2) is 18.2 Å². The summed E-state index contributed by atoms with van der Waals surface area (Å²) < 4.78 is 0. The normalized spacial score (nSPS) is 29.2. The lowest BCUT2D eigenvalue weighted by molar-refractivity contribution is 0.140. The van der Waals surface area contributed by atoms with Gasteiger partial charge in [-0.3, -0.25) is 4.90 Å². The summed E-state index contributed by atoms with van der Waals surface area (Å²) in [6.07, 6.45) is 9.06. The molecular formula is C20H29Cl2N3. The van der Waals surface area contributed by atoms with E-state index in [9.17, 15) is 0 Å². The van der Waals surface area contributed by atoms with E-state index in [1.807, 2.05) is 12.1 Å². The Morgan fingerprint density at radius 1 is 1.08 bits per heavy atom. The molecule has 0 atom stereocenters. The molecule has 1 saturated heterocycles. The standard InChI is InChI=1S/C20H29Cl2N3/c21-17-2-1-3-18(19(17)22)24-12-13-25(20(14-24)9-10-20)11-8-15-4-6-16(23)7-5-15/h1-3,15-16H,4-14,23H2/t15-,16-. The van der Waals surface area contributed by atoms with Crippen molar-refractivity contribution in [2.75, 3.05) is 31.1 Å². The highest BCUT2D eigenvalue weighted by atomic mass is 35.5. The maximum absolute atomic E-state index is 6.45. The number of hydrogen-bond donors (Lipinski definition) is 1. The van der Waals surface area contributed by atoms with Gasteiger partial charge < -0.3 is 10.6 Å². The zero-order chi connectivity index (χ0) is 17.4. The van der Waals surface area contributed by atoms with E-state index in [1.54, 1.807) is 0 Å². The first-order chi connectivity index (χ1) is 12.1. The Balaban J connectivity index is 1.36. The Morgan fingerprint density at radius 3 is 2.56 bits per heavy atom. The van der Waals surface area contributed by atoms with E-state index in [2.05, 4.69) is 15.9 Å². The molecule has 25 heavy (non-hydrogen) atoms. The van der Waals surface area contributed by atoms with Crippen LogP contribution in [0.25, 0.3) is 0 Å². The predicted octanol–water partition coefficient (Wildman–Crippen LogP) is 4.56. The number of nitrogens with two attached hydrogens (primary N) is 1. The fourth-order valence-corrected chi connectivity index (χ4v) is 5.15. The van der Waals surface area contributed by atoms with Gasteiger partial charge in [0.25, 0.3) is 0 Å². The molecular weight excluding hydrogens is 353 g/mol. The van der Waals surface area contributed by atoms with Gasteiger partial charge in [0.05, 0.1) is 15.7 Å². The molecule has 0 amide bonds. The van der Waals surface area contributed by atoms with E-state index in [4.69, 9.17) is 28.9 Å². The molecule has 0 bridgehead atoms. The van der Waals surface area contributed by atoms with Crippen LogP contribution in [-0.4, -0.2) is 42.7 Å². The molecule has 2 aliphatic carbocycles. The molecule has 0 radical (unpaired) electrons. The maximum Gasteiger partial charge on any atom is 0.0825 e. The SMILES string of the molecule is N[C@H]1CC[C@H](CCN2CCN(c3cccc(Cl)c3Cl)CC23CC3)CC1. The highest BCUT2D eigenvalue weighted by Crippen LogP contribution is 2.46. The van der Waals surface area contributed by atoms with Gasteiger partial charge in [0, 0.05) is 31.2 Å². The van der Waals surface area contributed by atoms with Crippen molar-refractivity contribution in [2.24, 2.45) is 11.7 Å². The minimum absolute atomic E-state index is 0.384. The molecule has 1 aromatic carbocycles. The zero-order valence-corrected chi connectivity index (χ0v) is 16.4. The summed E-state index contributed by atoms with van der Waals surface area (Å²) in [4.78, 5) is 5.20. The van der Waals surface area contributed by atoms with Crippen molar-refractivity contribution in [1.82, 2.24) is 4.90 Å². The molecule has 5 heteroatoms. The lowest BCUT2D eigenvalue weighted by Crippen LogP contribution is -2.55. The Labute approximate surface area is 161 Å². The summed E-state index contributed by atoms with van der Waals surface area (Å²) in [5.74, 6) is 0.885. The number of benzene rings is 1. The largest absolute Gasteiger partial charge is 0.367 e. The van der Waals surface area contributed by atoms with Crippen molar-refractivity contribution in [3.05, 3.63) is 28.2 Å². The number of hydrogen-bond acceptors (Lipinski definition) is 3. The van der Waals surface area contributed by atoms with Gasteiger partial charge in [-0.1, -0.05) is 29.3 Å². The van der Waals surface area contributed by atoms with E-state index in [0.29, 0.717) is 21.6 Å². The van der Waals surface area contributed by atoms with Crippen LogP contribution in [0.2, 0.25) is 10.0 Å². The van der Waals surface area contributed by atoms with Crippen LogP contribution in [0.3, 0.4) is 0 Å². The monoisotopic (exact) mass is 381 g/mol. The Bertz CT molecular complexity index is 609. The number of rotatable bonds is 4. The maximum atomic E-state index is 6.45. The smallest absolute Gasteiger partial charge is 0.0825 e. The van der Waals surface area contributed by atoms with Gasteiger partial charge in [-0.25, -0.2) is 0 Å². The lowest BCUT2D eigenvalue weighted by atomic mass is 9.84. The number of piperazine rings is 1. The summed E-state index contributed by atoms with van der Waals surface area (Å²) in [6, 6.07) is 6.43. The Hall–Kier alpha value is -0.480. The molecule has 4 rings (SSSR count). The van der Waals surface area contributed by atoms with Gasteiger partial charge in [-0.2, -0.15) is 0 Å². The first kappa shape index (κ1) is 17.9. The zero-order valence-electron chi connectivity index (χ0n) is 14.9. The summed E-state index contributed by atoms with van der Waals surface area (Å²) in [7, 11) is 0. The van der Waals surface area contributed by atoms with Crippen molar-refractivity contribution in [3.63, 3.8) is 0 Å². The summed E-state index contributed by atoms with van der Waals surface area (Å²) in [6.45, 7) is 4.51. The number of halogens is 2. The second-order valence-electron chi connectivity index (χ2n) is 8.28. The quantitative estimate of drug-likeness (QED) is 0.829. The summed E-state index contributed by atoms with van der Waals surface area (Å²) in [5.41, 5.74) is 7.53. The van der Waals surface area contributed by atoms with Gasteiger partial charge in [0.1, 0.15) is 0 Å². The third-order valence-electron chi connectivity index (χ3n) is 6.59. The van der Waals surface area contributed by atoms with Crippen LogP contribution < -0.4 is 10.6 Å². The summed E-state index contributed by atoms with van der Waals surface area (Å²) in [5, 5.41) is 1.36. The molecule has 1 heterocycles. The summed E-state index contributed by atoms with van der Waals surface area (Å²) >= 11 is 12.7. The van der Waals surface area contributed by atoms with E-state index >= 15 is 0 Å². The molecule has 1 spiro atoms. The first-order valence-corrected chi connectivity index (χ1v) is 10.5. The molecule has 2 N–H and O–H groups in total. The molecule has 0 aromatic heterocycles. The fourth-order valence-electron chi connectivity index (χ4n) is 4.74. The molecule has 3 nitrogen and oxygen atoms in total. The molecule has 2 saturated carbocycles. The van der Waals surface area contributed by atoms with Gasteiger partial charge in [-0.15, -0.1) is 0 Å². The van der Waals surface area contributed by atoms with E-state index < -0.39 is 0 Å². The number of nitrogens with zero attached hydrogens (tertiary/aromatic N) is 2. The third kappa shape index (κ3) is 3.80. The van der Waals surface area contributed by atoms with E-state index in [1.165, 1.54) is 51.5 Å². The average Bonchev–Trinajstić information content (AvgIpc) is 3.37. The van der Waals surface area contributed by atoms with Gasteiger partial charge in [0.2, 0.25) is 0 Å². The third-order valence-corrected chi connectivity index (χ3v) is 7.40. The van der Waals surface area contributed by atoms with Crippen molar-refractivity contribution < 1.29 is 0 Å². The minimum atomic E-state index is 0.384. The van der Waals surface area contributed by atoms with Gasteiger partial charge in [-0.05, 0) is 69.5 Å². The topological polar surface area (TPSA) is 32.5 Å². The molecule has 138 valence electrons. The van der Waals surface area contributed by atoms with Crippen LogP contribution in [0, 0.1) is 5.92 Å². The highest BCUT2D eigenvalue weighted by molar-refractivity contribution is 6.43. The molecule has 0 unspecified atom stereocenters. The van der Waals surface area contributed by atoms with Gasteiger partial charge >= 0.3 is 0 Å². The Morgan fingerprint density at radius 2 is 1.84 bits per heavy atom. The molecule has 3 fully saturated rings. The van der Waals surface area contributed by atoms with Crippen LogP contribution in [0.4, 0.5) is 5.69 Å². The first-order valence-electron chi connectivity index (χ1n) is 9.77. The number of anilines is 1. The van der Waals surface area contributed by atoms with E-state index in [0.717, 1.165) is 31.2 Å². The van der Waals surface area contributed by atoms with Crippen LogP contribution in [0.5, 0.6) is 0 Å². The van der Waals surface area contributed by atoms with Crippen molar-refractivity contribution in [1.29, 1.82) is 0 Å². The van der Waals surface area contributed by atoms with Crippen LogP contribution in [-0.2, 0) is 0 Å². The molecule has 1 aliphatic heterocycles. The Kier molecular flexibility index (Phi) is 5.20. The van der Waals surface area contributed by atoms with Crippen molar-refractivity contribution in [2.45, 2.75) is 56.5 Å². The van der Waals surface area contributed by atoms with Crippen molar-refractivity contribution in [3.8, 4) is 0 Å². The van der Waals surface area contributed by atoms with Crippen LogP contribution >= 0.6 is 23.2 Å². The second-order valence-corrected chi connectivity index (χ2v) is 9.06. The second kappa shape index (κ2) is 7.26. The highest BCUT2D eigenvalue weighted by Gasteiger charge is 2.51. The van der Waals surface area contributed by atoms with Gasteiger partial charge in [0.15, 0.2) is 0 Å². The molecule has 3 aliphatic rings. The van der Waals surface area contributed by atoms with E-state index in [-0.39, 0.29) is 0 Å².